The molecular formula is C19H23N3O4. The van der Waals surface area contributed by atoms with Crippen LogP contribution < -0.4 is 10.9 Å². The van der Waals surface area contributed by atoms with Crippen LogP contribution in [0.2, 0.25) is 0 Å². The van der Waals surface area contributed by atoms with Crippen LogP contribution in [0, 0.1) is 5.92 Å². The molecule has 0 saturated heterocycles. The number of aliphatic carboxylic acids is 1. The first-order valence-electron chi connectivity index (χ1n) is 8.94. The van der Waals surface area contributed by atoms with Crippen LogP contribution in [0.4, 0.5) is 0 Å². The fourth-order valence-corrected chi connectivity index (χ4v) is 3.65. The van der Waals surface area contributed by atoms with Gasteiger partial charge in [0.05, 0.1) is 11.6 Å². The molecule has 7 nitrogen and oxygen atoms in total. The van der Waals surface area contributed by atoms with Crippen LogP contribution in [0.3, 0.4) is 0 Å². The Kier molecular flexibility index (Phi) is 5.06. The number of aromatic nitrogens is 2. The second kappa shape index (κ2) is 7.27. The summed E-state index contributed by atoms with van der Waals surface area (Å²) in [4.78, 5) is 36.7. The number of nitrogens with zero attached hydrogens (tertiary/aromatic N) is 2. The normalized spacial score (nSPS) is 22.9. The average Bonchev–Trinajstić information content (AvgIpc) is 2.64. The summed E-state index contributed by atoms with van der Waals surface area (Å²) < 4.78 is 1.07. The lowest BCUT2D eigenvalue weighted by molar-refractivity contribution is -0.150. The number of fused-ring (bicyclic) bond motifs is 1. The molecule has 0 atom stereocenters. The zero-order valence-electron chi connectivity index (χ0n) is 14.8. The summed E-state index contributed by atoms with van der Waals surface area (Å²) >= 11 is 0. The Morgan fingerprint density at radius 3 is 2.65 bits per heavy atom. The van der Waals surface area contributed by atoms with Crippen LogP contribution in [0.15, 0.2) is 35.3 Å². The van der Waals surface area contributed by atoms with Crippen molar-refractivity contribution in [3.8, 4) is 0 Å². The topological polar surface area (TPSA) is 101 Å². The van der Waals surface area contributed by atoms with Crippen molar-refractivity contribution in [2.75, 3.05) is 0 Å². The summed E-state index contributed by atoms with van der Waals surface area (Å²) in [6.07, 6.45) is 4.91. The van der Waals surface area contributed by atoms with Crippen molar-refractivity contribution in [1.82, 2.24) is 15.1 Å². The van der Waals surface area contributed by atoms with E-state index < -0.39 is 17.4 Å². The standard InChI is InChI=1S/C19H23N3O4/c1-2-13-7-9-19(10-8-13,18(25)26)21-16(23)12-22-17(24)15-6-4-3-5-14(15)11-20-22/h3-6,11,13H,2,7-10,12H2,1H3,(H,21,23)(H,25,26). The summed E-state index contributed by atoms with van der Waals surface area (Å²) in [7, 11) is 0. The van der Waals surface area contributed by atoms with Gasteiger partial charge in [-0.05, 0) is 37.7 Å². The van der Waals surface area contributed by atoms with Crippen LogP contribution in [-0.2, 0) is 16.1 Å². The van der Waals surface area contributed by atoms with E-state index in [1.165, 1.54) is 6.20 Å². The highest BCUT2D eigenvalue weighted by molar-refractivity contribution is 5.87. The maximum atomic E-state index is 12.5. The van der Waals surface area contributed by atoms with E-state index in [0.29, 0.717) is 29.5 Å². The smallest absolute Gasteiger partial charge is 0.329 e. The van der Waals surface area contributed by atoms with Crippen molar-refractivity contribution < 1.29 is 14.7 Å². The van der Waals surface area contributed by atoms with Crippen LogP contribution in [0.5, 0.6) is 0 Å². The van der Waals surface area contributed by atoms with Gasteiger partial charge in [0.1, 0.15) is 12.1 Å². The molecule has 2 aromatic rings. The number of benzene rings is 1. The van der Waals surface area contributed by atoms with Crippen molar-refractivity contribution in [1.29, 1.82) is 0 Å². The molecule has 0 radical (unpaired) electrons. The fraction of sp³-hybridized carbons (Fsp3) is 0.474. The molecule has 3 rings (SSSR count). The number of rotatable bonds is 5. The third-order valence-electron chi connectivity index (χ3n) is 5.38. The maximum Gasteiger partial charge on any atom is 0.329 e. The van der Waals surface area contributed by atoms with E-state index in [4.69, 9.17) is 0 Å². The second-order valence-electron chi connectivity index (χ2n) is 6.98. The summed E-state index contributed by atoms with van der Waals surface area (Å²) in [5, 5.41) is 17.5. The van der Waals surface area contributed by atoms with E-state index >= 15 is 0 Å². The van der Waals surface area contributed by atoms with E-state index in [0.717, 1.165) is 23.9 Å². The van der Waals surface area contributed by atoms with Gasteiger partial charge in [0.2, 0.25) is 5.91 Å². The zero-order valence-corrected chi connectivity index (χ0v) is 14.8. The van der Waals surface area contributed by atoms with Gasteiger partial charge in [-0.3, -0.25) is 9.59 Å². The van der Waals surface area contributed by atoms with Crippen LogP contribution in [-0.4, -0.2) is 32.3 Å². The third kappa shape index (κ3) is 3.47. The van der Waals surface area contributed by atoms with Crippen molar-refractivity contribution in [3.05, 3.63) is 40.8 Å². The number of carbonyl (C=O) groups excluding carboxylic acids is 1. The second-order valence-corrected chi connectivity index (χ2v) is 6.98. The number of carboxylic acid groups (broad SMARTS) is 1. The first-order valence-corrected chi connectivity index (χ1v) is 8.94. The van der Waals surface area contributed by atoms with E-state index in [1.807, 2.05) is 6.07 Å². The summed E-state index contributed by atoms with van der Waals surface area (Å²) in [6, 6.07) is 7.02. The summed E-state index contributed by atoms with van der Waals surface area (Å²) in [5.74, 6) is -1.02. The van der Waals surface area contributed by atoms with Gasteiger partial charge in [-0.15, -0.1) is 0 Å². The molecule has 1 heterocycles. The Hall–Kier alpha value is -2.70. The third-order valence-corrected chi connectivity index (χ3v) is 5.38. The molecule has 0 bridgehead atoms. The van der Waals surface area contributed by atoms with Gasteiger partial charge < -0.3 is 10.4 Å². The van der Waals surface area contributed by atoms with E-state index in [1.54, 1.807) is 18.2 Å². The zero-order chi connectivity index (χ0) is 18.7. The van der Waals surface area contributed by atoms with E-state index in [2.05, 4.69) is 17.3 Å². The van der Waals surface area contributed by atoms with Crippen LogP contribution in [0.25, 0.3) is 10.8 Å². The van der Waals surface area contributed by atoms with Gasteiger partial charge in [0, 0.05) is 5.39 Å². The Morgan fingerprint density at radius 1 is 1.31 bits per heavy atom. The molecule has 2 N–H and O–H groups in total. The number of carboxylic acids is 1. The predicted molar refractivity (Wildman–Crippen MR) is 96.8 cm³/mol. The molecule has 1 aliphatic carbocycles. The van der Waals surface area contributed by atoms with Gasteiger partial charge in [0.15, 0.2) is 0 Å². The number of nitrogens with one attached hydrogen (secondary N) is 1. The lowest BCUT2D eigenvalue weighted by atomic mass is 9.75. The Bertz CT molecular complexity index is 882. The molecule has 0 spiro atoms. The van der Waals surface area contributed by atoms with Gasteiger partial charge in [0.25, 0.3) is 5.56 Å². The molecule has 1 aromatic heterocycles. The van der Waals surface area contributed by atoms with Gasteiger partial charge in [-0.2, -0.15) is 5.10 Å². The minimum Gasteiger partial charge on any atom is -0.480 e. The molecule has 138 valence electrons. The van der Waals surface area contributed by atoms with E-state index in [9.17, 15) is 19.5 Å². The summed E-state index contributed by atoms with van der Waals surface area (Å²) in [6.45, 7) is 1.80. The molecule has 1 amide bonds. The largest absolute Gasteiger partial charge is 0.480 e. The minimum atomic E-state index is -1.25. The molecule has 1 saturated carbocycles. The molecular weight excluding hydrogens is 334 g/mol. The molecule has 7 heteroatoms. The van der Waals surface area contributed by atoms with E-state index in [-0.39, 0.29) is 12.1 Å². The van der Waals surface area contributed by atoms with Crippen LogP contribution in [0.1, 0.15) is 39.0 Å². The number of amides is 1. The van der Waals surface area contributed by atoms with Crippen molar-refractivity contribution >= 4 is 22.6 Å². The quantitative estimate of drug-likeness (QED) is 0.851. The highest BCUT2D eigenvalue weighted by atomic mass is 16.4. The fourth-order valence-electron chi connectivity index (χ4n) is 3.65. The first kappa shape index (κ1) is 18.1. The Morgan fingerprint density at radius 2 is 2.00 bits per heavy atom. The molecule has 0 aliphatic heterocycles. The number of hydrogen-bond acceptors (Lipinski definition) is 4. The molecule has 1 fully saturated rings. The number of carbonyl (C=O) groups is 2. The van der Waals surface area contributed by atoms with Crippen LogP contribution >= 0.6 is 0 Å². The van der Waals surface area contributed by atoms with Gasteiger partial charge in [-0.25, -0.2) is 9.48 Å². The molecule has 1 aliphatic rings. The highest BCUT2D eigenvalue weighted by Crippen LogP contribution is 2.34. The molecule has 1 aromatic carbocycles. The molecule has 26 heavy (non-hydrogen) atoms. The number of hydrogen-bond donors (Lipinski definition) is 2. The van der Waals surface area contributed by atoms with Gasteiger partial charge >= 0.3 is 5.97 Å². The lowest BCUT2D eigenvalue weighted by Crippen LogP contribution is -2.57. The first-order chi connectivity index (χ1) is 12.4. The maximum absolute atomic E-state index is 12.5. The summed E-state index contributed by atoms with van der Waals surface area (Å²) in [5.41, 5.74) is -1.61. The Balaban J connectivity index is 1.76. The van der Waals surface area contributed by atoms with Crippen molar-refractivity contribution in [2.24, 2.45) is 5.92 Å². The molecule has 0 unspecified atom stereocenters. The Labute approximate surface area is 151 Å². The predicted octanol–water partition coefficient (Wildman–Crippen LogP) is 1.94. The lowest BCUT2D eigenvalue weighted by Gasteiger charge is -2.37. The van der Waals surface area contributed by atoms with Gasteiger partial charge in [-0.1, -0.05) is 31.5 Å². The average molecular weight is 357 g/mol. The SMILES string of the molecule is CCC1CCC(NC(=O)Cn2ncc3ccccc3c2=O)(C(=O)O)CC1. The minimum absolute atomic E-state index is 0.296. The van der Waals surface area contributed by atoms with Crippen molar-refractivity contribution in [3.63, 3.8) is 0 Å². The van der Waals surface area contributed by atoms with Crippen molar-refractivity contribution in [2.45, 2.75) is 51.1 Å². The highest BCUT2D eigenvalue weighted by Gasteiger charge is 2.42. The monoisotopic (exact) mass is 357 g/mol.